The highest BCUT2D eigenvalue weighted by molar-refractivity contribution is 7.80. The second kappa shape index (κ2) is 9.79. The number of rotatable bonds is 7. The predicted molar refractivity (Wildman–Crippen MR) is 134 cm³/mol. The van der Waals surface area contributed by atoms with Crippen LogP contribution in [0.5, 0.6) is 0 Å². The normalized spacial score (nSPS) is 18.3. The lowest BCUT2D eigenvalue weighted by atomic mass is 9.96. The Bertz CT molecular complexity index is 1120. The average Bonchev–Trinajstić information content (AvgIpc) is 3.25. The van der Waals surface area contributed by atoms with E-state index in [2.05, 4.69) is 39.7 Å². The molecule has 0 radical (unpaired) electrons. The summed E-state index contributed by atoms with van der Waals surface area (Å²) < 4.78 is 7.46. The van der Waals surface area contributed by atoms with E-state index < -0.39 is 0 Å². The van der Waals surface area contributed by atoms with Crippen LogP contribution in [0.25, 0.3) is 5.69 Å². The van der Waals surface area contributed by atoms with Crippen LogP contribution in [-0.4, -0.2) is 39.8 Å². The van der Waals surface area contributed by atoms with Crippen LogP contribution in [0.2, 0.25) is 10.0 Å². The molecular weight excluding hydrogens is 463 g/mol. The lowest BCUT2D eigenvalue weighted by molar-refractivity contribution is 0.180. The fraction of sp³-hybridized carbons (Fsp3) is 0.333. The van der Waals surface area contributed by atoms with Crippen molar-refractivity contribution < 1.29 is 4.74 Å². The first-order chi connectivity index (χ1) is 15.4. The van der Waals surface area contributed by atoms with E-state index in [0.29, 0.717) is 16.7 Å². The van der Waals surface area contributed by atoms with Crippen LogP contribution in [0.1, 0.15) is 41.1 Å². The maximum atomic E-state index is 6.57. The highest BCUT2D eigenvalue weighted by Crippen LogP contribution is 2.42. The molecule has 0 spiro atoms. The van der Waals surface area contributed by atoms with Crippen molar-refractivity contribution in [2.45, 2.75) is 32.4 Å². The van der Waals surface area contributed by atoms with Gasteiger partial charge in [0.15, 0.2) is 5.11 Å². The van der Waals surface area contributed by atoms with Crippen molar-refractivity contribution in [3.63, 3.8) is 0 Å². The molecule has 0 bridgehead atoms. The average molecular weight is 489 g/mol. The number of aryl methyl sites for hydroxylation is 1. The molecule has 1 fully saturated rings. The van der Waals surface area contributed by atoms with Gasteiger partial charge in [-0.25, -0.2) is 0 Å². The number of ether oxygens (including phenoxy) is 1. The minimum atomic E-state index is -0.0547. The second-order valence-corrected chi connectivity index (χ2v) is 9.15. The standard InChI is InChI=1S/C24H26Cl2N4OS/c1-15-13-18(16(2)30(15)21-9-8-17(25)14-19(21)26)23-22(20-7-4-5-10-27-20)28-24(32)29(23)11-6-12-31-3/h4-5,7-10,13-14,22-23H,6,11-12H2,1-3H3,(H,28,32)/t22-,23+/m1/s1. The summed E-state index contributed by atoms with van der Waals surface area (Å²) in [5.74, 6) is 0. The summed E-state index contributed by atoms with van der Waals surface area (Å²) in [5, 5.41) is 5.48. The molecule has 4 rings (SSSR count). The molecule has 0 saturated carbocycles. The lowest BCUT2D eigenvalue weighted by Gasteiger charge is -2.28. The zero-order valence-electron chi connectivity index (χ0n) is 18.3. The fourth-order valence-corrected chi connectivity index (χ4v) is 5.31. The second-order valence-electron chi connectivity index (χ2n) is 7.92. The Morgan fingerprint density at radius 3 is 2.66 bits per heavy atom. The van der Waals surface area contributed by atoms with Gasteiger partial charge in [0, 0.05) is 42.9 Å². The monoisotopic (exact) mass is 488 g/mol. The first-order valence-electron chi connectivity index (χ1n) is 10.5. The molecule has 8 heteroatoms. The quantitative estimate of drug-likeness (QED) is 0.335. The Kier molecular flexibility index (Phi) is 7.05. The van der Waals surface area contributed by atoms with Crippen molar-refractivity contribution in [2.75, 3.05) is 20.3 Å². The molecule has 0 unspecified atom stereocenters. The smallest absolute Gasteiger partial charge is 0.170 e. The van der Waals surface area contributed by atoms with Crippen molar-refractivity contribution in [1.82, 2.24) is 19.8 Å². The number of nitrogens with zero attached hydrogens (tertiary/aromatic N) is 3. The minimum Gasteiger partial charge on any atom is -0.385 e. The molecule has 5 nitrogen and oxygen atoms in total. The summed E-state index contributed by atoms with van der Waals surface area (Å²) in [6, 6.07) is 13.7. The summed E-state index contributed by atoms with van der Waals surface area (Å²) in [4.78, 5) is 6.88. The molecule has 3 heterocycles. The Morgan fingerprint density at radius 1 is 1.16 bits per heavy atom. The molecule has 2 atom stereocenters. The van der Waals surface area contributed by atoms with Crippen LogP contribution in [0.3, 0.4) is 0 Å². The van der Waals surface area contributed by atoms with Gasteiger partial charge in [-0.1, -0.05) is 29.3 Å². The Hall–Kier alpha value is -2.12. The van der Waals surface area contributed by atoms with Crippen LogP contribution >= 0.6 is 35.4 Å². The molecule has 1 aliphatic rings. The van der Waals surface area contributed by atoms with Crippen molar-refractivity contribution >= 4 is 40.5 Å². The van der Waals surface area contributed by atoms with Gasteiger partial charge in [0.05, 0.1) is 28.5 Å². The molecule has 1 aliphatic heterocycles. The number of thiocarbonyl (C=S) groups is 1. The summed E-state index contributed by atoms with van der Waals surface area (Å²) in [6.45, 7) is 5.68. The summed E-state index contributed by atoms with van der Waals surface area (Å²) in [5.41, 5.74) is 5.26. The molecule has 1 N–H and O–H groups in total. The van der Waals surface area contributed by atoms with Gasteiger partial charge in [0.1, 0.15) is 0 Å². The molecule has 3 aromatic rings. The van der Waals surface area contributed by atoms with Gasteiger partial charge in [-0.2, -0.15) is 0 Å². The number of halogens is 2. The third-order valence-electron chi connectivity index (χ3n) is 5.88. The Balaban J connectivity index is 1.80. The SMILES string of the molecule is COCCCN1C(=S)N[C@H](c2ccccn2)[C@@H]1c1cc(C)n(-c2ccc(Cl)cc2Cl)c1C. The van der Waals surface area contributed by atoms with E-state index >= 15 is 0 Å². The zero-order chi connectivity index (χ0) is 22.8. The van der Waals surface area contributed by atoms with E-state index in [0.717, 1.165) is 40.8 Å². The fourth-order valence-electron chi connectivity index (χ4n) is 4.48. The number of methoxy groups -OCH3 is 1. The van der Waals surface area contributed by atoms with Gasteiger partial charge in [0.2, 0.25) is 0 Å². The van der Waals surface area contributed by atoms with Gasteiger partial charge >= 0.3 is 0 Å². The predicted octanol–water partition coefficient (Wildman–Crippen LogP) is 5.80. The molecule has 1 saturated heterocycles. The van der Waals surface area contributed by atoms with Crippen molar-refractivity contribution in [3.8, 4) is 5.69 Å². The van der Waals surface area contributed by atoms with E-state index in [-0.39, 0.29) is 12.1 Å². The van der Waals surface area contributed by atoms with Crippen molar-refractivity contribution in [1.29, 1.82) is 0 Å². The largest absolute Gasteiger partial charge is 0.385 e. The zero-order valence-corrected chi connectivity index (χ0v) is 20.6. The maximum absolute atomic E-state index is 6.57. The first-order valence-corrected chi connectivity index (χ1v) is 11.7. The first kappa shape index (κ1) is 23.1. The Labute approximate surface area is 204 Å². The van der Waals surface area contributed by atoms with Gasteiger partial charge in [-0.3, -0.25) is 4.98 Å². The third kappa shape index (κ3) is 4.37. The van der Waals surface area contributed by atoms with E-state index in [9.17, 15) is 0 Å². The highest BCUT2D eigenvalue weighted by atomic mass is 35.5. The maximum Gasteiger partial charge on any atom is 0.170 e. The van der Waals surface area contributed by atoms with E-state index in [4.69, 9.17) is 40.2 Å². The molecule has 0 aliphatic carbocycles. The van der Waals surface area contributed by atoms with E-state index in [1.54, 1.807) is 13.2 Å². The van der Waals surface area contributed by atoms with E-state index in [1.165, 1.54) is 5.56 Å². The lowest BCUT2D eigenvalue weighted by Crippen LogP contribution is -2.31. The van der Waals surface area contributed by atoms with Crippen LogP contribution in [0, 0.1) is 13.8 Å². The number of hydrogen-bond donors (Lipinski definition) is 1. The molecular formula is C24H26Cl2N4OS. The summed E-state index contributed by atoms with van der Waals surface area (Å²) >= 11 is 18.5. The van der Waals surface area contributed by atoms with Crippen molar-refractivity contribution in [3.05, 3.63) is 81.4 Å². The molecule has 1 aromatic carbocycles. The number of nitrogens with one attached hydrogen (secondary N) is 1. The van der Waals surface area contributed by atoms with Crippen LogP contribution in [0.15, 0.2) is 48.7 Å². The molecule has 168 valence electrons. The van der Waals surface area contributed by atoms with Gasteiger partial charge in [-0.15, -0.1) is 0 Å². The minimum absolute atomic E-state index is 0.000261. The molecule has 0 amide bonds. The number of hydrogen-bond acceptors (Lipinski definition) is 3. The van der Waals surface area contributed by atoms with Gasteiger partial charge in [0.25, 0.3) is 0 Å². The number of pyridine rings is 1. The third-order valence-corrected chi connectivity index (χ3v) is 6.77. The van der Waals surface area contributed by atoms with Crippen LogP contribution < -0.4 is 5.32 Å². The number of benzene rings is 1. The highest BCUT2D eigenvalue weighted by Gasteiger charge is 2.41. The molecule has 32 heavy (non-hydrogen) atoms. The van der Waals surface area contributed by atoms with Gasteiger partial charge in [-0.05, 0) is 74.4 Å². The number of aromatic nitrogens is 2. The molecule has 2 aromatic heterocycles. The van der Waals surface area contributed by atoms with Gasteiger partial charge < -0.3 is 19.5 Å². The van der Waals surface area contributed by atoms with E-state index in [1.807, 2.05) is 36.5 Å². The van der Waals surface area contributed by atoms with Crippen LogP contribution in [0.4, 0.5) is 0 Å². The van der Waals surface area contributed by atoms with Crippen LogP contribution in [-0.2, 0) is 4.74 Å². The summed E-state index contributed by atoms with van der Waals surface area (Å²) in [6.07, 6.45) is 2.70. The Morgan fingerprint density at radius 2 is 1.97 bits per heavy atom. The summed E-state index contributed by atoms with van der Waals surface area (Å²) in [7, 11) is 1.72. The van der Waals surface area contributed by atoms with Crippen molar-refractivity contribution in [2.24, 2.45) is 0 Å². The topological polar surface area (TPSA) is 42.3 Å².